The lowest BCUT2D eigenvalue weighted by Crippen LogP contribution is -2.54. The summed E-state index contributed by atoms with van der Waals surface area (Å²) in [5.41, 5.74) is -6.17. The average Bonchev–Trinajstić information content (AvgIpc) is 1.79. The highest BCUT2D eigenvalue weighted by molar-refractivity contribution is 4.88. The smallest absolute Gasteiger partial charge is 0.336 e. The molecule has 0 spiro atoms. The Morgan fingerprint density at radius 2 is 0.365 bits per heavy atom. The highest BCUT2D eigenvalue weighted by Crippen LogP contribution is 2.20. The number of ether oxygens (including phenoxy) is 6. The number of hydrogen-bond acceptors (Lipinski definition) is 18. The topological polar surface area (TPSA) is 339 Å². The molecule has 6 atom stereocenters. The minimum Gasteiger partial charge on any atom is -0.373 e. The van der Waals surface area contributed by atoms with E-state index in [1.807, 2.05) is 18.2 Å². The van der Waals surface area contributed by atoms with Crippen molar-refractivity contribution in [1.82, 2.24) is 54.8 Å². The number of unbranched alkanes of at least 4 members (excludes halogenated alkanes) is 10. The van der Waals surface area contributed by atoms with Crippen LogP contribution in [0.2, 0.25) is 0 Å². The van der Waals surface area contributed by atoms with E-state index < -0.39 is 68.3 Å². The van der Waals surface area contributed by atoms with Gasteiger partial charge in [0, 0.05) is 78.5 Å². The van der Waals surface area contributed by atoms with Gasteiger partial charge < -0.3 is 28.4 Å². The summed E-state index contributed by atoms with van der Waals surface area (Å²) >= 11 is 0. The Bertz CT molecular complexity index is 3860. The van der Waals surface area contributed by atoms with Crippen molar-refractivity contribution in [2.75, 3.05) is 39.6 Å². The lowest BCUT2D eigenvalue weighted by molar-refractivity contribution is 0.351. The van der Waals surface area contributed by atoms with Gasteiger partial charge in [0.05, 0.1) is 76.3 Å². The van der Waals surface area contributed by atoms with Gasteiger partial charge in [-0.1, -0.05) is 36.5 Å². The first-order valence-corrected chi connectivity index (χ1v) is 37.6. The molecule has 6 unspecified atom stereocenters. The lowest BCUT2D eigenvalue weighted by Gasteiger charge is -2.14. The van der Waals surface area contributed by atoms with Gasteiger partial charge in [-0.2, -0.15) is 0 Å². The Hall–Kier alpha value is -8.16. The zero-order valence-corrected chi connectivity index (χ0v) is 61.0. The Balaban J connectivity index is 0.000000195. The number of aromatic nitrogens is 12. The van der Waals surface area contributed by atoms with Crippen molar-refractivity contribution in [3.8, 4) is 0 Å². The molecular weight excluding hydrogens is 1340 g/mol. The molecular formula is C74H112N12O18. The zero-order valence-electron chi connectivity index (χ0n) is 61.0. The molecule has 0 aliphatic carbocycles. The summed E-state index contributed by atoms with van der Waals surface area (Å²) in [7, 11) is 0. The molecule has 6 aliphatic rings. The van der Waals surface area contributed by atoms with E-state index in [4.69, 9.17) is 28.4 Å². The van der Waals surface area contributed by atoms with Crippen molar-refractivity contribution in [3.05, 3.63) is 202 Å². The maximum Gasteiger partial charge on any atom is 0.336 e. The second kappa shape index (κ2) is 44.0. The van der Waals surface area contributed by atoms with E-state index in [1.165, 1.54) is 41.1 Å². The third kappa shape index (κ3) is 26.8. The van der Waals surface area contributed by atoms with E-state index in [2.05, 4.69) is 39.5 Å². The van der Waals surface area contributed by atoms with Gasteiger partial charge in [-0.25, -0.2) is 112 Å². The summed E-state index contributed by atoms with van der Waals surface area (Å²) < 4.78 is 45.4. The van der Waals surface area contributed by atoms with Crippen LogP contribution in [0.25, 0.3) is 0 Å². The van der Waals surface area contributed by atoms with Gasteiger partial charge in [-0.05, 0) is 167 Å². The SMILES string of the molecule is C=CCCCCn1c(=O)n(CCCCC=C)c(=O)n(CCCCC=C)c1=O.C=CCCCn1c(=O)n(CCC=C)c(=O)n(CCC=C)c1=O.O=c1n(CCCC2CO2)c(=O)n(CCC2CO2)c(=O)n1CCC1CO1.O=c1n(CCCCC2CO2)c(=O)n(CCCCC2CO2)c(=O)n1CCCCC1CO1. The predicted octanol–water partition coefficient (Wildman–Crippen LogP) is 4.34. The molecule has 6 aliphatic heterocycles. The van der Waals surface area contributed by atoms with Gasteiger partial charge in [0.15, 0.2) is 0 Å². The number of rotatable bonds is 50. The third-order valence-electron chi connectivity index (χ3n) is 18.7. The van der Waals surface area contributed by atoms with Crippen LogP contribution in [0.4, 0.5) is 0 Å². The minimum absolute atomic E-state index is 0.118. The van der Waals surface area contributed by atoms with E-state index in [0.717, 1.165) is 143 Å². The van der Waals surface area contributed by atoms with Crippen molar-refractivity contribution in [3.63, 3.8) is 0 Å². The first-order valence-electron chi connectivity index (χ1n) is 37.6. The molecule has 6 saturated heterocycles. The van der Waals surface area contributed by atoms with Crippen molar-refractivity contribution >= 4 is 0 Å². The molecule has 4 aromatic heterocycles. The third-order valence-corrected chi connectivity index (χ3v) is 18.7. The molecule has 10 heterocycles. The fraction of sp³-hybridized carbons (Fsp3) is 0.676. The number of hydrogen-bond donors (Lipinski definition) is 0. The Kier molecular flexibility index (Phi) is 35.1. The van der Waals surface area contributed by atoms with Gasteiger partial charge in [-0.15, -0.1) is 39.5 Å². The molecule has 0 bridgehead atoms. The van der Waals surface area contributed by atoms with Crippen LogP contribution in [-0.4, -0.2) is 131 Å². The first kappa shape index (κ1) is 83.1. The summed E-state index contributed by atoms with van der Waals surface area (Å²) in [6.07, 6.45) is 31.9. The van der Waals surface area contributed by atoms with Crippen LogP contribution < -0.4 is 68.3 Å². The standard InChI is InChI=1S/C21H33N3O6.C21H33N3O3.C16H23N3O6.C16H23N3O3/c25-19-22(10-4-1-7-16-13-28-16)20(26)24(12-6-3-9-18-15-30-18)21(27)23(19)11-5-2-8-17-14-29-17;1-4-7-10-13-16-22-19(25)23(17-14-11-8-5-2)21(27)24(20(22)26)18-15-12-9-6-3;20-14-17(5-1-2-11-8-23-11)15(21)19(7-4-13-10-25-13)16(22)18(14)6-3-12-9-24-12;1-4-7-10-13-19-15(21)17(11-8-5-2)14(20)18(16(19)22)12-9-6-3/h16-18H,1-15H2;4-6H,1-3,7-18H2;11-13H,1-10H2;4-6H,1-3,7-13H2. The fourth-order valence-electron chi connectivity index (χ4n) is 11.9. The van der Waals surface area contributed by atoms with Crippen molar-refractivity contribution < 1.29 is 28.4 Å². The van der Waals surface area contributed by atoms with E-state index in [1.54, 1.807) is 18.2 Å². The summed E-state index contributed by atoms with van der Waals surface area (Å²) in [5, 5.41) is 0. The molecule has 0 aromatic carbocycles. The van der Waals surface area contributed by atoms with Gasteiger partial charge in [-0.3, -0.25) is 0 Å². The van der Waals surface area contributed by atoms with Crippen LogP contribution in [0.5, 0.6) is 0 Å². The Morgan fingerprint density at radius 3 is 0.587 bits per heavy atom. The van der Waals surface area contributed by atoms with Gasteiger partial charge in [0.1, 0.15) is 0 Å². The van der Waals surface area contributed by atoms with Crippen molar-refractivity contribution in [1.29, 1.82) is 0 Å². The highest BCUT2D eigenvalue weighted by atomic mass is 16.6. The maximum atomic E-state index is 12.9. The molecule has 576 valence electrons. The first-order chi connectivity index (χ1) is 50.4. The average molecular weight is 1460 g/mol. The quantitative estimate of drug-likeness (QED) is 0.0337. The monoisotopic (exact) mass is 1460 g/mol. The largest absolute Gasteiger partial charge is 0.373 e. The Labute approximate surface area is 604 Å². The van der Waals surface area contributed by atoms with E-state index in [-0.39, 0.29) is 51.0 Å². The number of nitrogens with zero attached hydrogens (tertiary/aromatic N) is 12. The second-order valence-corrected chi connectivity index (χ2v) is 27.1. The highest BCUT2D eigenvalue weighted by Gasteiger charge is 2.29. The van der Waals surface area contributed by atoms with E-state index in [0.29, 0.717) is 142 Å². The summed E-state index contributed by atoms with van der Waals surface area (Å²) in [6.45, 7) is 29.9. The fourth-order valence-corrected chi connectivity index (χ4v) is 11.9. The number of epoxide rings is 6. The Morgan fingerprint density at radius 1 is 0.202 bits per heavy atom. The zero-order chi connectivity index (χ0) is 74.9. The molecule has 0 saturated carbocycles. The molecule has 10 rings (SSSR count). The summed E-state index contributed by atoms with van der Waals surface area (Å²) in [5.74, 6) is 0. The van der Waals surface area contributed by atoms with Crippen molar-refractivity contribution in [2.24, 2.45) is 0 Å². The molecule has 0 N–H and O–H groups in total. The van der Waals surface area contributed by atoms with Crippen molar-refractivity contribution in [2.45, 2.75) is 282 Å². The molecule has 0 radical (unpaired) electrons. The summed E-state index contributed by atoms with van der Waals surface area (Å²) in [4.78, 5) is 152. The van der Waals surface area contributed by atoms with Crippen LogP contribution in [0.1, 0.15) is 167 Å². The predicted molar refractivity (Wildman–Crippen MR) is 397 cm³/mol. The van der Waals surface area contributed by atoms with E-state index >= 15 is 0 Å². The van der Waals surface area contributed by atoms with Crippen LogP contribution in [0.3, 0.4) is 0 Å². The van der Waals surface area contributed by atoms with Gasteiger partial charge >= 0.3 is 68.3 Å². The van der Waals surface area contributed by atoms with Crippen LogP contribution in [0, 0.1) is 0 Å². The van der Waals surface area contributed by atoms with Gasteiger partial charge in [0.25, 0.3) is 0 Å². The molecule has 30 heteroatoms. The molecule has 30 nitrogen and oxygen atoms in total. The van der Waals surface area contributed by atoms with E-state index in [9.17, 15) is 57.5 Å². The maximum absolute atomic E-state index is 12.9. The van der Waals surface area contributed by atoms with Crippen LogP contribution in [-0.2, 0) is 107 Å². The molecule has 104 heavy (non-hydrogen) atoms. The lowest BCUT2D eigenvalue weighted by atomic mass is 10.2. The minimum atomic E-state index is -0.571. The van der Waals surface area contributed by atoms with Crippen LogP contribution >= 0.6 is 0 Å². The van der Waals surface area contributed by atoms with Crippen LogP contribution in [0.15, 0.2) is 133 Å². The normalized spacial score (nSPS) is 18.3. The molecule has 6 fully saturated rings. The molecule has 4 aromatic rings. The molecule has 0 amide bonds. The number of allylic oxidation sites excluding steroid dienone is 6. The summed E-state index contributed by atoms with van der Waals surface area (Å²) in [6, 6.07) is 0. The second-order valence-electron chi connectivity index (χ2n) is 27.1. The van der Waals surface area contributed by atoms with Gasteiger partial charge in [0.2, 0.25) is 0 Å².